The Balaban J connectivity index is 1.61. The highest BCUT2D eigenvalue weighted by atomic mass is 32.1. The summed E-state index contributed by atoms with van der Waals surface area (Å²) < 4.78 is 5.59. The predicted molar refractivity (Wildman–Crippen MR) is 105 cm³/mol. The van der Waals surface area contributed by atoms with Crippen LogP contribution in [-0.2, 0) is 9.53 Å². The Hall–Kier alpha value is -2.85. The zero-order valence-corrected chi connectivity index (χ0v) is 16.1. The maximum atomic E-state index is 12.6. The largest absolute Gasteiger partial charge is 0.379 e. The van der Waals surface area contributed by atoms with Crippen molar-refractivity contribution >= 4 is 28.7 Å². The van der Waals surface area contributed by atoms with Gasteiger partial charge in [-0.15, -0.1) is 11.3 Å². The molecule has 0 aromatic carbocycles. The molecule has 0 spiro atoms. The molecule has 5 heterocycles. The van der Waals surface area contributed by atoms with Crippen LogP contribution in [0.15, 0.2) is 24.0 Å². The number of carbonyl (C=O) groups is 1. The highest BCUT2D eigenvalue weighted by Gasteiger charge is 2.39. The number of aromatic nitrogens is 5. The number of carbonyl (C=O) groups excluding carboxylic acids is 1. The van der Waals surface area contributed by atoms with E-state index in [4.69, 9.17) is 9.72 Å². The second kappa shape index (κ2) is 6.95. The van der Waals surface area contributed by atoms with E-state index in [1.54, 1.807) is 18.6 Å². The number of ether oxygens (including phenoxy) is 1. The molecule has 2 aliphatic heterocycles. The fourth-order valence-electron chi connectivity index (χ4n) is 3.79. The molecule has 9 nitrogen and oxygen atoms in total. The third kappa shape index (κ3) is 2.76. The van der Waals surface area contributed by atoms with Crippen molar-refractivity contribution in [2.45, 2.75) is 31.8 Å². The van der Waals surface area contributed by atoms with Crippen molar-refractivity contribution in [3.63, 3.8) is 0 Å². The van der Waals surface area contributed by atoms with Gasteiger partial charge >= 0.3 is 0 Å². The van der Waals surface area contributed by atoms with Crippen LogP contribution in [0.25, 0.3) is 22.1 Å². The Labute approximate surface area is 165 Å². The number of hydrogen-bond donors (Lipinski definition) is 2. The first-order chi connectivity index (χ1) is 13.8. The third-order valence-corrected chi connectivity index (χ3v) is 5.91. The lowest BCUT2D eigenvalue weighted by Gasteiger charge is -2.39. The lowest BCUT2D eigenvalue weighted by molar-refractivity contribution is -0.117. The zero-order valence-electron chi connectivity index (χ0n) is 15.3. The number of amides is 1. The van der Waals surface area contributed by atoms with Crippen LogP contribution in [0.1, 0.15) is 19.8 Å². The third-order valence-electron chi connectivity index (χ3n) is 5.12. The van der Waals surface area contributed by atoms with Gasteiger partial charge in [0.1, 0.15) is 22.4 Å². The number of fused-ring (bicyclic) bond motifs is 1. The zero-order chi connectivity index (χ0) is 19.1. The lowest BCUT2D eigenvalue weighted by Crippen LogP contribution is -2.53. The molecule has 0 radical (unpaired) electrons. The molecule has 2 N–H and O–H groups in total. The number of nitrogens with one attached hydrogen (secondary N) is 2. The van der Waals surface area contributed by atoms with Crippen LogP contribution in [0, 0.1) is 0 Å². The van der Waals surface area contributed by atoms with E-state index >= 15 is 0 Å². The van der Waals surface area contributed by atoms with Gasteiger partial charge in [-0.05, 0) is 12.8 Å². The first kappa shape index (κ1) is 17.3. The van der Waals surface area contributed by atoms with E-state index in [1.807, 2.05) is 12.3 Å². The second-order valence-corrected chi connectivity index (χ2v) is 7.66. The van der Waals surface area contributed by atoms with Gasteiger partial charge in [0.25, 0.3) is 0 Å². The van der Waals surface area contributed by atoms with E-state index < -0.39 is 0 Å². The molecule has 5 rings (SSSR count). The first-order valence-electron chi connectivity index (χ1n) is 9.24. The summed E-state index contributed by atoms with van der Waals surface area (Å²) in [6.07, 6.45) is 6.69. The minimum absolute atomic E-state index is 0.0231. The molecule has 2 atom stereocenters. The summed E-state index contributed by atoms with van der Waals surface area (Å²) in [5.41, 5.74) is 2.20. The summed E-state index contributed by atoms with van der Waals surface area (Å²) >= 11 is 1.52. The van der Waals surface area contributed by atoms with Crippen LogP contribution in [0.2, 0.25) is 0 Å². The Morgan fingerprint density at radius 1 is 1.36 bits per heavy atom. The van der Waals surface area contributed by atoms with Gasteiger partial charge in [-0.25, -0.2) is 15.0 Å². The molecule has 1 saturated heterocycles. The van der Waals surface area contributed by atoms with Crippen LogP contribution in [-0.4, -0.2) is 56.4 Å². The van der Waals surface area contributed by atoms with Crippen molar-refractivity contribution in [2.75, 3.05) is 23.4 Å². The van der Waals surface area contributed by atoms with E-state index in [2.05, 4.69) is 30.4 Å². The van der Waals surface area contributed by atoms with Crippen molar-refractivity contribution in [2.24, 2.45) is 0 Å². The molecule has 10 heteroatoms. The molecule has 0 saturated carbocycles. The smallest absolute Gasteiger partial charge is 0.247 e. The molecule has 2 unspecified atom stereocenters. The molecule has 2 aliphatic rings. The fraction of sp³-hybridized carbons (Fsp3) is 0.389. The number of H-pyrrole nitrogens is 1. The number of aromatic amines is 1. The Morgan fingerprint density at radius 3 is 3.04 bits per heavy atom. The monoisotopic (exact) mass is 397 g/mol. The van der Waals surface area contributed by atoms with Gasteiger partial charge in [-0.2, -0.15) is 5.10 Å². The van der Waals surface area contributed by atoms with Crippen LogP contribution < -0.4 is 10.2 Å². The maximum Gasteiger partial charge on any atom is 0.247 e. The highest BCUT2D eigenvalue weighted by molar-refractivity contribution is 7.13. The summed E-state index contributed by atoms with van der Waals surface area (Å²) in [5, 5.41) is 12.8. The number of rotatable bonds is 4. The summed E-state index contributed by atoms with van der Waals surface area (Å²) in [5.74, 6) is 1.26. The minimum atomic E-state index is -0.273. The van der Waals surface area contributed by atoms with Crippen LogP contribution >= 0.6 is 11.3 Å². The van der Waals surface area contributed by atoms with Gasteiger partial charge in [0.2, 0.25) is 5.91 Å². The average Bonchev–Trinajstić information content (AvgIpc) is 3.48. The van der Waals surface area contributed by atoms with Crippen LogP contribution in [0.5, 0.6) is 0 Å². The van der Waals surface area contributed by atoms with E-state index in [9.17, 15) is 4.79 Å². The van der Waals surface area contributed by atoms with E-state index in [1.165, 1.54) is 11.3 Å². The van der Waals surface area contributed by atoms with Gasteiger partial charge in [-0.1, -0.05) is 6.92 Å². The van der Waals surface area contributed by atoms with Crippen molar-refractivity contribution in [1.82, 2.24) is 25.1 Å². The first-order valence-corrected chi connectivity index (χ1v) is 10.1. The summed E-state index contributed by atoms with van der Waals surface area (Å²) in [4.78, 5) is 28.4. The highest BCUT2D eigenvalue weighted by Crippen LogP contribution is 2.37. The van der Waals surface area contributed by atoms with Crippen molar-refractivity contribution < 1.29 is 9.53 Å². The van der Waals surface area contributed by atoms with Crippen molar-refractivity contribution in [3.8, 4) is 22.1 Å². The van der Waals surface area contributed by atoms with Gasteiger partial charge in [-0.3, -0.25) is 9.89 Å². The number of hydrogen-bond acceptors (Lipinski definition) is 8. The number of nitrogens with zero attached hydrogens (tertiary/aromatic N) is 5. The molecule has 144 valence electrons. The molecule has 3 aromatic heterocycles. The Kier molecular flexibility index (Phi) is 4.29. The summed E-state index contributed by atoms with van der Waals surface area (Å²) in [6.45, 7) is 3.30. The predicted octanol–water partition coefficient (Wildman–Crippen LogP) is 2.32. The molecular formula is C18H19N7O2S. The molecule has 0 aliphatic carbocycles. The summed E-state index contributed by atoms with van der Waals surface area (Å²) in [7, 11) is 0. The van der Waals surface area contributed by atoms with Gasteiger partial charge in [0.05, 0.1) is 30.6 Å². The molecule has 1 amide bonds. The SMILES string of the molecule is CCC1C(=O)Nc2cnc(-c3cn[nH]c3-c3nccs3)nc2N1C1CCOC1. The second-order valence-electron chi connectivity index (χ2n) is 6.76. The van der Waals surface area contributed by atoms with Crippen molar-refractivity contribution in [1.29, 1.82) is 0 Å². The van der Waals surface area contributed by atoms with E-state index in [0.29, 0.717) is 31.1 Å². The van der Waals surface area contributed by atoms with Crippen molar-refractivity contribution in [3.05, 3.63) is 24.0 Å². The molecule has 28 heavy (non-hydrogen) atoms. The molecular weight excluding hydrogens is 378 g/mol. The van der Waals surface area contributed by atoms with Gasteiger partial charge < -0.3 is 15.0 Å². The average molecular weight is 397 g/mol. The van der Waals surface area contributed by atoms with Crippen LogP contribution in [0.3, 0.4) is 0 Å². The Morgan fingerprint density at radius 2 is 2.29 bits per heavy atom. The Bertz CT molecular complexity index is 997. The molecule has 1 fully saturated rings. The number of anilines is 2. The van der Waals surface area contributed by atoms with Gasteiger partial charge in [0.15, 0.2) is 11.6 Å². The minimum Gasteiger partial charge on any atom is -0.379 e. The topological polar surface area (TPSA) is 109 Å². The quantitative estimate of drug-likeness (QED) is 0.695. The van der Waals surface area contributed by atoms with E-state index in [-0.39, 0.29) is 18.0 Å². The normalized spacial score (nSPS) is 21.6. The fourth-order valence-corrected chi connectivity index (χ4v) is 4.44. The molecule has 3 aromatic rings. The molecule has 0 bridgehead atoms. The maximum absolute atomic E-state index is 12.6. The van der Waals surface area contributed by atoms with Gasteiger partial charge in [0, 0.05) is 18.2 Å². The summed E-state index contributed by atoms with van der Waals surface area (Å²) in [6, 6.07) is -0.148. The lowest BCUT2D eigenvalue weighted by atomic mass is 10.0. The standard InChI is InChI=1S/C18H19N7O2S/c1-2-13-17(26)22-12-8-20-15(23-16(12)25(13)10-3-5-27-9-10)11-7-21-24-14(11)18-19-4-6-28-18/h4,6-8,10,13H,2-3,5,9H2,1H3,(H,21,24)(H,22,26). The number of thiazole rings is 1. The van der Waals surface area contributed by atoms with Crippen LogP contribution in [0.4, 0.5) is 11.5 Å². The van der Waals surface area contributed by atoms with E-state index in [0.717, 1.165) is 28.5 Å².